The normalized spacial score (nSPS) is 14.6. The summed E-state index contributed by atoms with van der Waals surface area (Å²) in [5.41, 5.74) is 3.26. The van der Waals surface area contributed by atoms with Crippen LogP contribution in [0.2, 0.25) is 0 Å². The van der Waals surface area contributed by atoms with Crippen molar-refractivity contribution in [3.05, 3.63) is 71.9 Å². The predicted octanol–water partition coefficient (Wildman–Crippen LogP) is 5.00. The van der Waals surface area contributed by atoms with Crippen molar-refractivity contribution in [3.63, 3.8) is 0 Å². The smallest absolute Gasteiger partial charge is 0.229 e. The summed E-state index contributed by atoms with van der Waals surface area (Å²) >= 11 is 0. The van der Waals surface area contributed by atoms with Gasteiger partial charge in [-0.2, -0.15) is 4.98 Å². The van der Waals surface area contributed by atoms with Gasteiger partial charge in [0.05, 0.1) is 12.8 Å². The van der Waals surface area contributed by atoms with Crippen LogP contribution >= 0.6 is 0 Å². The minimum atomic E-state index is 0.607. The second-order valence-corrected chi connectivity index (χ2v) is 7.64. The van der Waals surface area contributed by atoms with Gasteiger partial charge in [-0.15, -0.1) is 0 Å². The molecule has 2 heterocycles. The summed E-state index contributed by atoms with van der Waals surface area (Å²) in [4.78, 5) is 11.7. The molecule has 2 aromatic carbocycles. The van der Waals surface area contributed by atoms with Gasteiger partial charge in [0, 0.05) is 24.8 Å². The van der Waals surface area contributed by atoms with E-state index < -0.39 is 0 Å². The third-order valence-corrected chi connectivity index (χ3v) is 5.50. The summed E-state index contributed by atoms with van der Waals surface area (Å²) in [7, 11) is 1.67. The lowest BCUT2D eigenvalue weighted by molar-refractivity contribution is 0.402. The van der Waals surface area contributed by atoms with E-state index in [-0.39, 0.29) is 0 Å². The van der Waals surface area contributed by atoms with Crippen LogP contribution in [0.3, 0.4) is 0 Å². The lowest BCUT2D eigenvalue weighted by Crippen LogP contribution is -2.35. The van der Waals surface area contributed by atoms with Crippen LogP contribution < -0.4 is 15.0 Å². The number of methoxy groups -OCH3 is 1. The molecule has 0 spiro atoms. The molecular formula is C24H28N4O. The zero-order valence-electron chi connectivity index (χ0n) is 17.1. The summed E-state index contributed by atoms with van der Waals surface area (Å²) in [6.07, 6.45) is 3.54. The topological polar surface area (TPSA) is 50.3 Å². The molecule has 5 heteroatoms. The number of hydrogen-bond donors (Lipinski definition) is 1. The highest BCUT2D eigenvalue weighted by atomic mass is 16.5. The van der Waals surface area contributed by atoms with Crippen molar-refractivity contribution in [1.82, 2.24) is 9.97 Å². The number of nitrogens with zero attached hydrogens (tertiary/aromatic N) is 3. The highest BCUT2D eigenvalue weighted by Gasteiger charge is 2.21. The Morgan fingerprint density at radius 1 is 1.00 bits per heavy atom. The molecule has 29 heavy (non-hydrogen) atoms. The average Bonchev–Trinajstić information content (AvgIpc) is 2.75. The molecule has 1 N–H and O–H groups in total. The van der Waals surface area contributed by atoms with Gasteiger partial charge in [0.2, 0.25) is 5.95 Å². The number of ether oxygens (including phenoxy) is 1. The van der Waals surface area contributed by atoms with Crippen LogP contribution in [0.1, 0.15) is 24.1 Å². The fourth-order valence-electron chi connectivity index (χ4n) is 3.95. The number of aromatic nitrogens is 2. The second-order valence-electron chi connectivity index (χ2n) is 7.64. The van der Waals surface area contributed by atoms with Crippen molar-refractivity contribution in [1.29, 1.82) is 0 Å². The molecule has 1 aromatic heterocycles. The van der Waals surface area contributed by atoms with Gasteiger partial charge in [-0.1, -0.05) is 42.5 Å². The number of nitrogens with one attached hydrogen (secondary N) is 1. The van der Waals surface area contributed by atoms with E-state index in [1.54, 1.807) is 7.11 Å². The molecule has 0 radical (unpaired) electrons. The van der Waals surface area contributed by atoms with Gasteiger partial charge in [0.25, 0.3) is 0 Å². The van der Waals surface area contributed by atoms with Crippen LogP contribution in [0.5, 0.6) is 5.75 Å². The highest BCUT2D eigenvalue weighted by molar-refractivity contribution is 5.63. The maximum absolute atomic E-state index is 5.43. The number of piperidine rings is 1. The number of anilines is 3. The van der Waals surface area contributed by atoms with Crippen molar-refractivity contribution < 1.29 is 4.74 Å². The van der Waals surface area contributed by atoms with Crippen LogP contribution in [0, 0.1) is 12.8 Å². The molecule has 3 aromatic rings. The molecule has 1 aliphatic rings. The number of para-hydroxylation sites is 2. The lowest BCUT2D eigenvalue weighted by atomic mass is 9.90. The number of rotatable bonds is 6. The lowest BCUT2D eigenvalue weighted by Gasteiger charge is -2.33. The average molecular weight is 389 g/mol. The molecule has 1 aliphatic heterocycles. The maximum atomic E-state index is 5.43. The summed E-state index contributed by atoms with van der Waals surface area (Å²) in [6, 6.07) is 20.7. The minimum absolute atomic E-state index is 0.607. The molecule has 0 unspecified atom stereocenters. The quantitative estimate of drug-likeness (QED) is 0.644. The van der Waals surface area contributed by atoms with Crippen LogP contribution in [0.4, 0.5) is 17.5 Å². The zero-order valence-corrected chi connectivity index (χ0v) is 17.1. The molecule has 5 nitrogen and oxygen atoms in total. The highest BCUT2D eigenvalue weighted by Crippen LogP contribution is 2.28. The fraction of sp³-hybridized carbons (Fsp3) is 0.333. The fourth-order valence-corrected chi connectivity index (χ4v) is 3.95. The van der Waals surface area contributed by atoms with E-state index in [1.807, 2.05) is 31.2 Å². The Balaban J connectivity index is 1.43. The van der Waals surface area contributed by atoms with Gasteiger partial charge in [-0.3, -0.25) is 0 Å². The Kier molecular flexibility index (Phi) is 5.94. The summed E-state index contributed by atoms with van der Waals surface area (Å²) in [6.45, 7) is 4.07. The van der Waals surface area contributed by atoms with E-state index in [9.17, 15) is 0 Å². The standard InChI is InChI=1S/C24H28N4O/c1-18-16-23(27-24(25-18)26-21-10-6-7-11-22(21)29-2)28-14-12-20(13-15-28)17-19-8-4-3-5-9-19/h3-11,16,20H,12-15,17H2,1-2H3,(H,25,26,27). The van der Waals surface area contributed by atoms with Crippen molar-refractivity contribution in [3.8, 4) is 5.75 Å². The first-order valence-electron chi connectivity index (χ1n) is 10.3. The summed E-state index contributed by atoms with van der Waals surface area (Å²) in [5.74, 6) is 3.12. The summed E-state index contributed by atoms with van der Waals surface area (Å²) < 4.78 is 5.43. The monoisotopic (exact) mass is 388 g/mol. The van der Waals surface area contributed by atoms with Crippen LogP contribution in [-0.4, -0.2) is 30.2 Å². The predicted molar refractivity (Wildman–Crippen MR) is 118 cm³/mol. The van der Waals surface area contributed by atoms with Gasteiger partial charge in [-0.05, 0) is 49.8 Å². The van der Waals surface area contributed by atoms with Crippen LogP contribution in [0.15, 0.2) is 60.7 Å². The van der Waals surface area contributed by atoms with Crippen molar-refractivity contribution >= 4 is 17.5 Å². The third-order valence-electron chi connectivity index (χ3n) is 5.50. The molecule has 1 saturated heterocycles. The molecule has 4 rings (SSSR count). The van der Waals surface area contributed by atoms with Gasteiger partial charge in [0.15, 0.2) is 0 Å². The first-order valence-corrected chi connectivity index (χ1v) is 10.3. The maximum Gasteiger partial charge on any atom is 0.229 e. The van der Waals surface area contributed by atoms with Crippen LogP contribution in [0.25, 0.3) is 0 Å². The van der Waals surface area contributed by atoms with E-state index in [2.05, 4.69) is 51.6 Å². The van der Waals surface area contributed by atoms with E-state index in [0.29, 0.717) is 5.95 Å². The van der Waals surface area contributed by atoms with Gasteiger partial charge >= 0.3 is 0 Å². The van der Waals surface area contributed by atoms with E-state index in [0.717, 1.165) is 48.4 Å². The van der Waals surface area contributed by atoms with Crippen molar-refractivity contribution in [2.75, 3.05) is 30.4 Å². The van der Waals surface area contributed by atoms with E-state index in [1.165, 1.54) is 18.4 Å². The Hall–Kier alpha value is -3.08. The number of hydrogen-bond acceptors (Lipinski definition) is 5. The van der Waals surface area contributed by atoms with Gasteiger partial charge < -0.3 is 15.0 Å². The third kappa shape index (κ3) is 4.86. The van der Waals surface area contributed by atoms with Gasteiger partial charge in [-0.25, -0.2) is 4.98 Å². The molecule has 0 amide bonds. The molecule has 0 aliphatic carbocycles. The molecule has 0 bridgehead atoms. The molecule has 150 valence electrons. The SMILES string of the molecule is COc1ccccc1Nc1nc(C)cc(N2CCC(Cc3ccccc3)CC2)n1. The minimum Gasteiger partial charge on any atom is -0.495 e. The summed E-state index contributed by atoms with van der Waals surface area (Å²) in [5, 5.41) is 3.31. The van der Waals surface area contributed by atoms with Crippen molar-refractivity contribution in [2.24, 2.45) is 5.92 Å². The van der Waals surface area contributed by atoms with E-state index >= 15 is 0 Å². The first kappa shape index (κ1) is 19.2. The number of aryl methyl sites for hydroxylation is 1. The zero-order chi connectivity index (χ0) is 20.1. The van der Waals surface area contributed by atoms with Crippen LogP contribution in [-0.2, 0) is 6.42 Å². The van der Waals surface area contributed by atoms with E-state index in [4.69, 9.17) is 9.72 Å². The Morgan fingerprint density at radius 3 is 2.48 bits per heavy atom. The van der Waals surface area contributed by atoms with Gasteiger partial charge in [0.1, 0.15) is 11.6 Å². The molecule has 1 fully saturated rings. The first-order chi connectivity index (χ1) is 14.2. The Labute approximate surface area is 172 Å². The second kappa shape index (κ2) is 8.95. The molecular weight excluding hydrogens is 360 g/mol. The molecule has 0 saturated carbocycles. The number of benzene rings is 2. The largest absolute Gasteiger partial charge is 0.495 e. The Morgan fingerprint density at radius 2 is 1.72 bits per heavy atom. The van der Waals surface area contributed by atoms with Crippen molar-refractivity contribution in [2.45, 2.75) is 26.2 Å². The molecule has 0 atom stereocenters. The Bertz CT molecular complexity index is 937.